The zero-order chi connectivity index (χ0) is 12.3. The van der Waals surface area contributed by atoms with Crippen LogP contribution < -0.4 is 5.73 Å². The van der Waals surface area contributed by atoms with E-state index >= 15 is 0 Å². The van der Waals surface area contributed by atoms with Crippen LogP contribution in [-0.2, 0) is 4.74 Å². The van der Waals surface area contributed by atoms with Gasteiger partial charge in [0.05, 0.1) is 6.61 Å². The van der Waals surface area contributed by atoms with Crippen molar-refractivity contribution < 1.29 is 9.53 Å². The molecule has 0 aliphatic rings. The van der Waals surface area contributed by atoms with E-state index in [4.69, 9.17) is 10.5 Å². The minimum absolute atomic E-state index is 0.245. The predicted molar refractivity (Wildman–Crippen MR) is 61.4 cm³/mol. The van der Waals surface area contributed by atoms with Crippen molar-refractivity contribution in [2.45, 2.75) is 19.8 Å². The van der Waals surface area contributed by atoms with E-state index in [9.17, 15) is 4.79 Å². The number of rotatable bonds is 3. The fourth-order valence-corrected chi connectivity index (χ4v) is 1.36. The Balaban J connectivity index is 2.24. The number of carbonyl (C=O) groups excluding carboxylic acids is 1. The molecule has 0 unspecified atom stereocenters. The lowest BCUT2D eigenvalue weighted by atomic mass is 10.4. The number of carbonyl (C=O) groups is 1. The third-order valence-corrected chi connectivity index (χ3v) is 2.28. The minimum atomic E-state index is -0.501. The average molecular weight is 235 g/mol. The second-order valence-corrected chi connectivity index (χ2v) is 3.51. The highest BCUT2D eigenvalue weighted by Crippen LogP contribution is 2.14. The van der Waals surface area contributed by atoms with E-state index < -0.39 is 6.09 Å². The molecule has 2 aromatic rings. The van der Waals surface area contributed by atoms with E-state index in [-0.39, 0.29) is 5.82 Å². The van der Waals surface area contributed by atoms with E-state index in [0.29, 0.717) is 17.8 Å². The Bertz CT molecular complexity index is 536. The highest BCUT2D eigenvalue weighted by Gasteiger charge is 2.13. The quantitative estimate of drug-likeness (QED) is 0.803. The molecule has 2 N–H and O–H groups in total. The molecule has 90 valence electrons. The van der Waals surface area contributed by atoms with Gasteiger partial charge in [-0.15, -0.1) is 0 Å². The molecule has 0 atom stereocenters. The fourth-order valence-electron chi connectivity index (χ4n) is 1.36. The van der Waals surface area contributed by atoms with Gasteiger partial charge < -0.3 is 10.5 Å². The molecule has 2 aromatic heterocycles. The van der Waals surface area contributed by atoms with Crippen LogP contribution in [0.2, 0.25) is 0 Å². The molecule has 0 amide bonds. The summed E-state index contributed by atoms with van der Waals surface area (Å²) >= 11 is 0. The Kier molecular flexibility index (Phi) is 3.17. The standard InChI is InChI=1S/C10H13N5O2/c1-2-3-4-17-10(16)15-6-14-7-8(11)12-5-13-9(7)15/h5-6H,2-4H2,1H3,(H2,11,12,13). The summed E-state index contributed by atoms with van der Waals surface area (Å²) in [6.07, 6.45) is 3.92. The predicted octanol–water partition coefficient (Wildman–Crippen LogP) is 1.19. The molecule has 0 radical (unpaired) electrons. The van der Waals surface area contributed by atoms with Crippen molar-refractivity contribution in [2.75, 3.05) is 12.3 Å². The van der Waals surface area contributed by atoms with E-state index in [1.807, 2.05) is 6.92 Å². The highest BCUT2D eigenvalue weighted by atomic mass is 16.5. The molecule has 0 fully saturated rings. The number of nitrogens with two attached hydrogens (primary N) is 1. The lowest BCUT2D eigenvalue weighted by molar-refractivity contribution is 0.147. The summed E-state index contributed by atoms with van der Waals surface area (Å²) in [4.78, 5) is 23.4. The summed E-state index contributed by atoms with van der Waals surface area (Å²) in [7, 11) is 0. The van der Waals surface area contributed by atoms with Crippen molar-refractivity contribution >= 4 is 23.1 Å². The molecule has 0 spiro atoms. The fraction of sp³-hybridized carbons (Fsp3) is 0.400. The summed E-state index contributed by atoms with van der Waals surface area (Å²) in [6, 6.07) is 0. The SMILES string of the molecule is CCCCOC(=O)n1cnc2c(N)ncnc21. The van der Waals surface area contributed by atoms with Crippen LogP contribution in [0.4, 0.5) is 10.6 Å². The normalized spacial score (nSPS) is 10.6. The number of nitrogen functional groups attached to an aromatic ring is 1. The largest absolute Gasteiger partial charge is 0.449 e. The Morgan fingerprint density at radius 1 is 1.47 bits per heavy atom. The van der Waals surface area contributed by atoms with E-state index in [1.165, 1.54) is 17.2 Å². The summed E-state index contributed by atoms with van der Waals surface area (Å²) in [5.74, 6) is 0.245. The molecule has 2 heterocycles. The highest BCUT2D eigenvalue weighted by molar-refractivity contribution is 5.88. The van der Waals surface area contributed by atoms with Crippen LogP contribution in [0.5, 0.6) is 0 Å². The monoisotopic (exact) mass is 235 g/mol. The first-order chi connectivity index (χ1) is 8.24. The number of fused-ring (bicyclic) bond motifs is 1. The Morgan fingerprint density at radius 2 is 2.29 bits per heavy atom. The Hall–Kier alpha value is -2.18. The molecule has 17 heavy (non-hydrogen) atoms. The molecular formula is C10H13N5O2. The number of hydrogen-bond acceptors (Lipinski definition) is 6. The van der Waals surface area contributed by atoms with Crippen LogP contribution in [0.15, 0.2) is 12.7 Å². The van der Waals surface area contributed by atoms with Crippen LogP contribution in [0, 0.1) is 0 Å². The van der Waals surface area contributed by atoms with Gasteiger partial charge in [-0.05, 0) is 6.42 Å². The topological polar surface area (TPSA) is 95.9 Å². The van der Waals surface area contributed by atoms with Crippen LogP contribution in [-0.4, -0.2) is 32.2 Å². The van der Waals surface area contributed by atoms with Crippen LogP contribution in [0.1, 0.15) is 19.8 Å². The lowest BCUT2D eigenvalue weighted by Crippen LogP contribution is -2.14. The summed E-state index contributed by atoms with van der Waals surface area (Å²) in [6.45, 7) is 2.41. The molecule has 0 saturated carbocycles. The van der Waals surface area contributed by atoms with E-state index in [2.05, 4.69) is 15.0 Å². The van der Waals surface area contributed by atoms with Gasteiger partial charge in [-0.2, -0.15) is 0 Å². The second-order valence-electron chi connectivity index (χ2n) is 3.51. The molecule has 0 aliphatic heterocycles. The first-order valence-corrected chi connectivity index (χ1v) is 5.34. The van der Waals surface area contributed by atoms with Crippen molar-refractivity contribution in [3.8, 4) is 0 Å². The number of imidazole rings is 1. The number of hydrogen-bond donors (Lipinski definition) is 1. The molecule has 0 bridgehead atoms. The third-order valence-electron chi connectivity index (χ3n) is 2.28. The van der Waals surface area contributed by atoms with Crippen molar-refractivity contribution in [1.82, 2.24) is 19.5 Å². The van der Waals surface area contributed by atoms with Gasteiger partial charge in [0.25, 0.3) is 0 Å². The average Bonchev–Trinajstić information content (AvgIpc) is 2.74. The number of nitrogens with zero attached hydrogens (tertiary/aromatic N) is 4. The van der Waals surface area contributed by atoms with Crippen molar-refractivity contribution in [3.05, 3.63) is 12.7 Å². The van der Waals surface area contributed by atoms with Gasteiger partial charge in [-0.25, -0.2) is 24.3 Å². The molecule has 0 aliphatic carbocycles. The van der Waals surface area contributed by atoms with Gasteiger partial charge in [0.1, 0.15) is 12.7 Å². The van der Waals surface area contributed by atoms with Crippen molar-refractivity contribution in [2.24, 2.45) is 0 Å². The summed E-state index contributed by atoms with van der Waals surface area (Å²) < 4.78 is 6.28. The first kappa shape index (κ1) is 11.3. The molecule has 0 saturated heterocycles. The maximum absolute atomic E-state index is 11.7. The summed E-state index contributed by atoms with van der Waals surface area (Å²) in [5, 5.41) is 0. The Labute approximate surface area is 97.6 Å². The third kappa shape index (κ3) is 2.17. The molecular weight excluding hydrogens is 222 g/mol. The van der Waals surface area contributed by atoms with Gasteiger partial charge in [0.15, 0.2) is 17.0 Å². The summed E-state index contributed by atoms with van der Waals surface area (Å²) in [5.41, 5.74) is 6.38. The molecule has 7 nitrogen and oxygen atoms in total. The second kappa shape index (κ2) is 4.77. The number of unbranched alkanes of at least 4 members (excludes halogenated alkanes) is 1. The molecule has 0 aromatic carbocycles. The van der Waals surface area contributed by atoms with Crippen molar-refractivity contribution in [1.29, 1.82) is 0 Å². The zero-order valence-corrected chi connectivity index (χ0v) is 9.46. The van der Waals surface area contributed by atoms with Gasteiger partial charge >= 0.3 is 6.09 Å². The van der Waals surface area contributed by atoms with Gasteiger partial charge in [-0.1, -0.05) is 13.3 Å². The lowest BCUT2D eigenvalue weighted by Gasteiger charge is -2.04. The van der Waals surface area contributed by atoms with Crippen molar-refractivity contribution in [3.63, 3.8) is 0 Å². The molecule has 7 heteroatoms. The maximum Gasteiger partial charge on any atom is 0.420 e. The van der Waals surface area contributed by atoms with Gasteiger partial charge in [-0.3, -0.25) is 0 Å². The molecule has 2 rings (SSSR count). The number of anilines is 1. The van der Waals surface area contributed by atoms with Crippen LogP contribution >= 0.6 is 0 Å². The van der Waals surface area contributed by atoms with Gasteiger partial charge in [0.2, 0.25) is 0 Å². The van der Waals surface area contributed by atoms with Gasteiger partial charge in [0, 0.05) is 0 Å². The van der Waals surface area contributed by atoms with Crippen LogP contribution in [0.25, 0.3) is 11.2 Å². The first-order valence-electron chi connectivity index (χ1n) is 5.34. The Morgan fingerprint density at radius 3 is 3.06 bits per heavy atom. The van der Waals surface area contributed by atoms with E-state index in [1.54, 1.807) is 0 Å². The maximum atomic E-state index is 11.7. The number of aromatic nitrogens is 4. The number of ether oxygens (including phenoxy) is 1. The van der Waals surface area contributed by atoms with Crippen LogP contribution in [0.3, 0.4) is 0 Å². The minimum Gasteiger partial charge on any atom is -0.449 e. The van der Waals surface area contributed by atoms with E-state index in [0.717, 1.165) is 12.8 Å². The zero-order valence-electron chi connectivity index (χ0n) is 9.46. The smallest absolute Gasteiger partial charge is 0.420 e.